The molecule has 1 heterocycles. The SMILES string of the molecule is COC1CC(=O)N(C)C1. The Balaban J connectivity index is 2.44. The first-order chi connectivity index (χ1) is 4.24. The Labute approximate surface area is 54.6 Å². The van der Waals surface area contributed by atoms with Crippen LogP contribution in [0.5, 0.6) is 0 Å². The molecule has 0 radical (unpaired) electrons. The van der Waals surface area contributed by atoms with Crippen molar-refractivity contribution >= 4 is 5.91 Å². The third kappa shape index (κ3) is 1.21. The summed E-state index contributed by atoms with van der Waals surface area (Å²) in [5.41, 5.74) is 0. The van der Waals surface area contributed by atoms with Crippen molar-refractivity contribution in [1.29, 1.82) is 0 Å². The van der Waals surface area contributed by atoms with Gasteiger partial charge in [-0.2, -0.15) is 0 Å². The fourth-order valence-corrected chi connectivity index (χ4v) is 0.980. The molecule has 0 aromatic rings. The fraction of sp³-hybridized carbons (Fsp3) is 0.833. The van der Waals surface area contributed by atoms with Gasteiger partial charge in [-0.3, -0.25) is 4.79 Å². The number of likely N-dealkylation sites (tertiary alicyclic amines) is 1. The second kappa shape index (κ2) is 2.35. The fourth-order valence-electron chi connectivity index (χ4n) is 0.980. The maximum Gasteiger partial charge on any atom is 0.225 e. The minimum atomic E-state index is 0.127. The molecule has 0 aromatic heterocycles. The van der Waals surface area contributed by atoms with Gasteiger partial charge in [0.2, 0.25) is 5.91 Å². The summed E-state index contributed by atoms with van der Waals surface area (Å²) in [7, 11) is 3.43. The molecule has 1 atom stereocenters. The number of likely N-dealkylation sites (N-methyl/N-ethyl adjacent to an activating group) is 1. The first-order valence-electron chi connectivity index (χ1n) is 3.01. The molecule has 1 unspecified atom stereocenters. The molecule has 0 N–H and O–H groups in total. The average molecular weight is 129 g/mol. The molecule has 1 fully saturated rings. The van der Waals surface area contributed by atoms with Crippen LogP contribution in [0, 0.1) is 0 Å². The van der Waals surface area contributed by atoms with Crippen molar-refractivity contribution in [1.82, 2.24) is 4.90 Å². The standard InChI is InChI=1S/C6H11NO2/c1-7-4-5(9-2)3-6(7)8/h5H,3-4H2,1-2H3. The molecule has 0 saturated carbocycles. The molecule has 0 spiro atoms. The van der Waals surface area contributed by atoms with E-state index in [2.05, 4.69) is 0 Å². The van der Waals surface area contributed by atoms with Crippen LogP contribution in [0.4, 0.5) is 0 Å². The van der Waals surface area contributed by atoms with Crippen molar-refractivity contribution in [2.24, 2.45) is 0 Å². The van der Waals surface area contributed by atoms with Gasteiger partial charge in [0.15, 0.2) is 0 Å². The van der Waals surface area contributed by atoms with Crippen molar-refractivity contribution in [3.05, 3.63) is 0 Å². The minimum Gasteiger partial charge on any atom is -0.379 e. The molecule has 1 amide bonds. The highest BCUT2D eigenvalue weighted by atomic mass is 16.5. The van der Waals surface area contributed by atoms with Gasteiger partial charge in [-0.25, -0.2) is 0 Å². The van der Waals surface area contributed by atoms with E-state index in [1.807, 2.05) is 0 Å². The number of methoxy groups -OCH3 is 1. The van der Waals surface area contributed by atoms with Gasteiger partial charge < -0.3 is 9.64 Å². The maximum absolute atomic E-state index is 10.8. The first kappa shape index (κ1) is 6.55. The van der Waals surface area contributed by atoms with Crippen LogP contribution < -0.4 is 0 Å². The van der Waals surface area contributed by atoms with Crippen LogP contribution in [0.3, 0.4) is 0 Å². The molecule has 9 heavy (non-hydrogen) atoms. The Morgan fingerprint density at radius 1 is 1.78 bits per heavy atom. The molecule has 1 saturated heterocycles. The van der Waals surface area contributed by atoms with E-state index in [0.29, 0.717) is 6.42 Å². The summed E-state index contributed by atoms with van der Waals surface area (Å²) < 4.78 is 4.99. The second-order valence-electron chi connectivity index (χ2n) is 2.34. The lowest BCUT2D eigenvalue weighted by Crippen LogP contribution is -2.20. The predicted octanol–water partition coefficient (Wildman–Crippen LogP) is -0.137. The number of rotatable bonds is 1. The molecule has 0 aromatic carbocycles. The molecule has 0 aliphatic carbocycles. The van der Waals surface area contributed by atoms with Gasteiger partial charge in [-0.15, -0.1) is 0 Å². The summed E-state index contributed by atoms with van der Waals surface area (Å²) in [4.78, 5) is 12.5. The van der Waals surface area contributed by atoms with E-state index in [0.717, 1.165) is 6.54 Å². The van der Waals surface area contributed by atoms with Crippen molar-refractivity contribution in [3.63, 3.8) is 0 Å². The Bertz CT molecular complexity index is 124. The van der Waals surface area contributed by atoms with Gasteiger partial charge >= 0.3 is 0 Å². The largest absolute Gasteiger partial charge is 0.379 e. The van der Waals surface area contributed by atoms with E-state index in [1.165, 1.54) is 0 Å². The number of hydrogen-bond donors (Lipinski definition) is 0. The number of carbonyl (C=O) groups is 1. The quantitative estimate of drug-likeness (QED) is 0.493. The zero-order valence-electron chi connectivity index (χ0n) is 5.76. The van der Waals surface area contributed by atoms with E-state index in [-0.39, 0.29) is 12.0 Å². The maximum atomic E-state index is 10.8. The highest BCUT2D eigenvalue weighted by Gasteiger charge is 2.25. The molecular formula is C6H11NO2. The molecule has 1 aliphatic heterocycles. The van der Waals surface area contributed by atoms with Gasteiger partial charge in [-0.05, 0) is 0 Å². The Morgan fingerprint density at radius 3 is 2.67 bits per heavy atom. The highest BCUT2D eigenvalue weighted by Crippen LogP contribution is 2.10. The summed E-state index contributed by atoms with van der Waals surface area (Å²) >= 11 is 0. The Kier molecular flexibility index (Phi) is 1.71. The highest BCUT2D eigenvalue weighted by molar-refractivity contribution is 5.78. The van der Waals surface area contributed by atoms with E-state index >= 15 is 0 Å². The lowest BCUT2D eigenvalue weighted by Gasteiger charge is -2.07. The summed E-state index contributed by atoms with van der Waals surface area (Å²) in [6.07, 6.45) is 0.676. The summed E-state index contributed by atoms with van der Waals surface area (Å²) in [6, 6.07) is 0. The zero-order chi connectivity index (χ0) is 6.85. The van der Waals surface area contributed by atoms with Gasteiger partial charge in [-0.1, -0.05) is 0 Å². The lowest BCUT2D eigenvalue weighted by molar-refractivity contribution is -0.126. The summed E-state index contributed by atoms with van der Waals surface area (Å²) in [5, 5.41) is 0. The van der Waals surface area contributed by atoms with E-state index in [1.54, 1.807) is 19.1 Å². The molecule has 0 bridgehead atoms. The Morgan fingerprint density at radius 2 is 2.44 bits per heavy atom. The van der Waals surface area contributed by atoms with Crippen molar-refractivity contribution in [3.8, 4) is 0 Å². The van der Waals surface area contributed by atoms with Gasteiger partial charge in [0.1, 0.15) is 0 Å². The molecule has 3 heteroatoms. The van der Waals surface area contributed by atoms with Crippen LogP contribution in [0.25, 0.3) is 0 Å². The van der Waals surface area contributed by atoms with Crippen LogP contribution in [-0.4, -0.2) is 37.6 Å². The second-order valence-corrected chi connectivity index (χ2v) is 2.34. The minimum absolute atomic E-state index is 0.127. The van der Waals surface area contributed by atoms with E-state index in [4.69, 9.17) is 4.74 Å². The Hall–Kier alpha value is -0.570. The topological polar surface area (TPSA) is 29.5 Å². The van der Waals surface area contributed by atoms with Crippen molar-refractivity contribution < 1.29 is 9.53 Å². The molecular weight excluding hydrogens is 118 g/mol. The van der Waals surface area contributed by atoms with E-state index in [9.17, 15) is 4.79 Å². The number of amides is 1. The first-order valence-corrected chi connectivity index (χ1v) is 3.01. The van der Waals surface area contributed by atoms with Gasteiger partial charge in [0, 0.05) is 20.7 Å². The number of ether oxygens (including phenoxy) is 1. The predicted molar refractivity (Wildman–Crippen MR) is 33.1 cm³/mol. The molecule has 1 rings (SSSR count). The van der Waals surface area contributed by atoms with Crippen LogP contribution in [0.2, 0.25) is 0 Å². The number of nitrogens with zero attached hydrogens (tertiary/aromatic N) is 1. The monoisotopic (exact) mass is 129 g/mol. The van der Waals surface area contributed by atoms with Crippen LogP contribution in [-0.2, 0) is 9.53 Å². The van der Waals surface area contributed by atoms with Crippen LogP contribution >= 0.6 is 0 Å². The lowest BCUT2D eigenvalue weighted by atomic mass is 10.3. The average Bonchev–Trinajstić information content (AvgIpc) is 2.13. The van der Waals surface area contributed by atoms with E-state index < -0.39 is 0 Å². The van der Waals surface area contributed by atoms with Crippen LogP contribution in [0.1, 0.15) is 6.42 Å². The van der Waals surface area contributed by atoms with Gasteiger partial charge in [0.05, 0.1) is 12.5 Å². The third-order valence-electron chi connectivity index (χ3n) is 1.64. The van der Waals surface area contributed by atoms with Gasteiger partial charge in [0.25, 0.3) is 0 Å². The number of hydrogen-bond acceptors (Lipinski definition) is 2. The van der Waals surface area contributed by atoms with Crippen molar-refractivity contribution in [2.45, 2.75) is 12.5 Å². The third-order valence-corrected chi connectivity index (χ3v) is 1.64. The summed E-state index contributed by atoms with van der Waals surface area (Å²) in [6.45, 7) is 0.745. The zero-order valence-corrected chi connectivity index (χ0v) is 5.76. The smallest absolute Gasteiger partial charge is 0.225 e. The van der Waals surface area contributed by atoms with Crippen LogP contribution in [0.15, 0.2) is 0 Å². The van der Waals surface area contributed by atoms with Crippen molar-refractivity contribution in [2.75, 3.05) is 20.7 Å². The summed E-state index contributed by atoms with van der Waals surface area (Å²) in [5.74, 6) is 0.182. The molecule has 1 aliphatic rings. The normalized spacial score (nSPS) is 27.6. The number of carbonyl (C=O) groups excluding carboxylic acids is 1. The molecule has 52 valence electrons. The molecule has 3 nitrogen and oxygen atoms in total.